The van der Waals surface area contributed by atoms with Crippen LogP contribution < -0.4 is 5.32 Å². The topological polar surface area (TPSA) is 68.3 Å². The van der Waals surface area contributed by atoms with Crippen LogP contribution >= 0.6 is 11.3 Å². The fourth-order valence-corrected chi connectivity index (χ4v) is 3.33. The summed E-state index contributed by atoms with van der Waals surface area (Å²) in [7, 11) is 0. The lowest BCUT2D eigenvalue weighted by atomic mass is 10.0. The van der Waals surface area contributed by atoms with Crippen molar-refractivity contribution < 1.29 is 14.3 Å². The van der Waals surface area contributed by atoms with E-state index in [0.717, 1.165) is 21.3 Å². The zero-order valence-electron chi connectivity index (χ0n) is 14.0. The van der Waals surface area contributed by atoms with Crippen LogP contribution in [-0.4, -0.2) is 23.5 Å². The molecular formula is C19H18N2O3S. The molecule has 1 amide bonds. The summed E-state index contributed by atoms with van der Waals surface area (Å²) in [5, 5.41) is 5.58. The van der Waals surface area contributed by atoms with Gasteiger partial charge in [-0.25, -0.2) is 4.79 Å². The number of aromatic nitrogens is 1. The number of hydrogen-bond donors (Lipinski definition) is 1. The van der Waals surface area contributed by atoms with Crippen molar-refractivity contribution >= 4 is 34.1 Å². The molecule has 0 fully saturated rings. The van der Waals surface area contributed by atoms with E-state index in [9.17, 15) is 9.59 Å². The largest absolute Gasteiger partial charge is 0.452 e. The molecule has 1 aromatic carbocycles. The van der Waals surface area contributed by atoms with E-state index in [0.29, 0.717) is 17.8 Å². The molecule has 0 aliphatic rings. The number of rotatable bonds is 5. The van der Waals surface area contributed by atoms with Crippen LogP contribution in [0.3, 0.4) is 0 Å². The van der Waals surface area contributed by atoms with E-state index >= 15 is 0 Å². The molecule has 3 rings (SSSR count). The summed E-state index contributed by atoms with van der Waals surface area (Å²) in [5.74, 6) is -0.856. The predicted octanol–water partition coefficient (Wildman–Crippen LogP) is 3.39. The number of carbonyl (C=O) groups is 2. The number of nitrogens with zero attached hydrogens (tertiary/aromatic N) is 1. The molecule has 0 saturated carbocycles. The van der Waals surface area contributed by atoms with Crippen LogP contribution in [0.4, 0.5) is 0 Å². The van der Waals surface area contributed by atoms with Crippen molar-refractivity contribution in [2.24, 2.45) is 0 Å². The summed E-state index contributed by atoms with van der Waals surface area (Å²) in [6.07, 6.45) is 0. The van der Waals surface area contributed by atoms with Gasteiger partial charge in [0.05, 0.1) is 23.3 Å². The van der Waals surface area contributed by atoms with Crippen LogP contribution in [0.15, 0.2) is 41.8 Å². The third-order valence-corrected chi connectivity index (χ3v) is 4.79. The number of ether oxygens (including phenoxy) is 1. The molecule has 2 heterocycles. The first kappa shape index (κ1) is 17.1. The van der Waals surface area contributed by atoms with Crippen molar-refractivity contribution in [1.82, 2.24) is 10.3 Å². The van der Waals surface area contributed by atoms with Crippen LogP contribution in [0, 0.1) is 13.8 Å². The molecule has 1 N–H and O–H groups in total. The monoisotopic (exact) mass is 354 g/mol. The molecule has 0 spiro atoms. The number of nitrogens with one attached hydrogen (secondary N) is 1. The van der Waals surface area contributed by atoms with Gasteiger partial charge in [-0.15, -0.1) is 11.3 Å². The average Bonchev–Trinajstić information content (AvgIpc) is 3.11. The third-order valence-electron chi connectivity index (χ3n) is 3.91. The van der Waals surface area contributed by atoms with Crippen LogP contribution in [0.25, 0.3) is 10.9 Å². The molecule has 0 bridgehead atoms. The summed E-state index contributed by atoms with van der Waals surface area (Å²) in [4.78, 5) is 29.8. The normalized spacial score (nSPS) is 10.6. The van der Waals surface area contributed by atoms with Crippen LogP contribution in [0.1, 0.15) is 26.5 Å². The molecule has 6 heteroatoms. The van der Waals surface area contributed by atoms with Crippen LogP contribution in [0.2, 0.25) is 0 Å². The minimum atomic E-state index is -0.528. The van der Waals surface area contributed by atoms with E-state index in [1.54, 1.807) is 18.3 Å². The lowest BCUT2D eigenvalue weighted by Crippen LogP contribution is -2.28. The van der Waals surface area contributed by atoms with Gasteiger partial charge in [-0.1, -0.05) is 24.3 Å². The van der Waals surface area contributed by atoms with Gasteiger partial charge in [-0.05, 0) is 36.9 Å². The van der Waals surface area contributed by atoms with Crippen molar-refractivity contribution in [1.29, 1.82) is 0 Å². The Morgan fingerprint density at radius 1 is 1.16 bits per heavy atom. The Morgan fingerprint density at radius 3 is 2.72 bits per heavy atom. The number of esters is 1. The van der Waals surface area contributed by atoms with Gasteiger partial charge in [0.25, 0.3) is 5.91 Å². The van der Waals surface area contributed by atoms with E-state index in [1.165, 1.54) is 0 Å². The molecule has 0 aliphatic heterocycles. The SMILES string of the molecule is Cc1nc2ccccc2c(C)c1C(=O)OCC(=O)NCc1cccs1. The smallest absolute Gasteiger partial charge is 0.340 e. The molecule has 5 nitrogen and oxygen atoms in total. The highest BCUT2D eigenvalue weighted by Crippen LogP contribution is 2.23. The number of para-hydroxylation sites is 1. The van der Waals surface area contributed by atoms with Gasteiger partial charge in [-0.3, -0.25) is 9.78 Å². The average molecular weight is 354 g/mol. The van der Waals surface area contributed by atoms with E-state index in [-0.39, 0.29) is 12.5 Å². The van der Waals surface area contributed by atoms with Crippen LogP contribution in [-0.2, 0) is 16.1 Å². The van der Waals surface area contributed by atoms with Crippen molar-refractivity contribution in [3.63, 3.8) is 0 Å². The quantitative estimate of drug-likeness (QED) is 0.713. The van der Waals surface area contributed by atoms with Crippen molar-refractivity contribution in [3.8, 4) is 0 Å². The molecule has 3 aromatic rings. The Bertz CT molecular complexity index is 920. The summed E-state index contributed by atoms with van der Waals surface area (Å²) < 4.78 is 5.18. The molecule has 2 aromatic heterocycles. The van der Waals surface area contributed by atoms with Gasteiger partial charge in [-0.2, -0.15) is 0 Å². The summed E-state index contributed by atoms with van der Waals surface area (Å²) in [5.41, 5.74) is 2.67. The second-order valence-corrected chi connectivity index (χ2v) is 6.68. The Labute approximate surface area is 149 Å². The van der Waals surface area contributed by atoms with Gasteiger partial charge in [0.2, 0.25) is 0 Å². The van der Waals surface area contributed by atoms with Gasteiger partial charge in [0.15, 0.2) is 6.61 Å². The minimum Gasteiger partial charge on any atom is -0.452 e. The minimum absolute atomic E-state index is 0.310. The molecule has 0 unspecified atom stereocenters. The Hall–Kier alpha value is -2.73. The lowest BCUT2D eigenvalue weighted by Gasteiger charge is -2.12. The molecule has 128 valence electrons. The van der Waals surface area contributed by atoms with E-state index in [4.69, 9.17) is 4.74 Å². The van der Waals surface area contributed by atoms with Crippen molar-refractivity contribution in [2.45, 2.75) is 20.4 Å². The Morgan fingerprint density at radius 2 is 1.96 bits per heavy atom. The summed E-state index contributed by atoms with van der Waals surface area (Å²) in [6.45, 7) is 3.76. The van der Waals surface area contributed by atoms with Gasteiger partial charge in [0, 0.05) is 10.3 Å². The van der Waals surface area contributed by atoms with Crippen LogP contribution in [0.5, 0.6) is 0 Å². The summed E-state index contributed by atoms with van der Waals surface area (Å²) >= 11 is 1.56. The molecule has 0 saturated heterocycles. The van der Waals surface area contributed by atoms with Gasteiger partial charge < -0.3 is 10.1 Å². The van der Waals surface area contributed by atoms with Crippen molar-refractivity contribution in [2.75, 3.05) is 6.61 Å². The highest BCUT2D eigenvalue weighted by Gasteiger charge is 2.18. The number of benzene rings is 1. The number of aryl methyl sites for hydroxylation is 2. The number of hydrogen-bond acceptors (Lipinski definition) is 5. The molecule has 25 heavy (non-hydrogen) atoms. The number of carbonyl (C=O) groups excluding carboxylic acids is 2. The highest BCUT2D eigenvalue weighted by molar-refractivity contribution is 7.09. The van der Waals surface area contributed by atoms with E-state index in [2.05, 4.69) is 10.3 Å². The zero-order valence-corrected chi connectivity index (χ0v) is 14.9. The fraction of sp³-hybridized carbons (Fsp3) is 0.211. The van der Waals surface area contributed by atoms with Gasteiger partial charge in [0.1, 0.15) is 0 Å². The first-order valence-electron chi connectivity index (χ1n) is 7.88. The Kier molecular flexibility index (Phi) is 5.09. The fourth-order valence-electron chi connectivity index (χ4n) is 2.68. The zero-order chi connectivity index (χ0) is 17.8. The molecule has 0 aliphatic carbocycles. The number of thiophene rings is 1. The maximum atomic E-state index is 12.4. The molecule has 0 radical (unpaired) electrons. The third kappa shape index (κ3) is 3.85. The number of fused-ring (bicyclic) bond motifs is 1. The molecular weight excluding hydrogens is 336 g/mol. The summed E-state index contributed by atoms with van der Waals surface area (Å²) in [6, 6.07) is 11.5. The first-order valence-corrected chi connectivity index (χ1v) is 8.76. The van der Waals surface area contributed by atoms with E-state index in [1.807, 2.05) is 48.7 Å². The first-order chi connectivity index (χ1) is 12.1. The highest BCUT2D eigenvalue weighted by atomic mass is 32.1. The standard InChI is InChI=1S/C19H18N2O3S/c1-12-15-7-3-4-8-16(15)21-13(2)18(12)19(23)24-11-17(22)20-10-14-6-5-9-25-14/h3-9H,10-11H2,1-2H3,(H,20,22). The maximum absolute atomic E-state index is 12.4. The second-order valence-electron chi connectivity index (χ2n) is 5.65. The van der Waals surface area contributed by atoms with E-state index < -0.39 is 5.97 Å². The number of amides is 1. The number of pyridine rings is 1. The maximum Gasteiger partial charge on any atom is 0.340 e. The molecule has 0 atom stereocenters. The lowest BCUT2D eigenvalue weighted by molar-refractivity contribution is -0.124. The van der Waals surface area contributed by atoms with Gasteiger partial charge >= 0.3 is 5.97 Å². The second kappa shape index (κ2) is 7.44. The Balaban J connectivity index is 1.67. The van der Waals surface area contributed by atoms with Crippen molar-refractivity contribution in [3.05, 3.63) is 63.5 Å². The predicted molar refractivity (Wildman–Crippen MR) is 97.7 cm³/mol.